The maximum absolute atomic E-state index is 14.1. The minimum absolute atomic E-state index is 0.0848. The number of rotatable bonds is 2. The van der Waals surface area contributed by atoms with Gasteiger partial charge in [-0.2, -0.15) is 26.3 Å². The third-order valence-electron chi connectivity index (χ3n) is 9.64. The van der Waals surface area contributed by atoms with Gasteiger partial charge in [0.2, 0.25) is 11.8 Å². The van der Waals surface area contributed by atoms with Gasteiger partial charge in [-0.25, -0.2) is 4.90 Å². The fraction of sp³-hybridized carbons (Fsp3) is 0.257. The molecule has 1 heterocycles. The van der Waals surface area contributed by atoms with Crippen molar-refractivity contribution in [1.29, 1.82) is 0 Å². The second-order valence-corrected chi connectivity index (χ2v) is 12.2. The van der Waals surface area contributed by atoms with E-state index >= 15 is 0 Å². The molecule has 47 heavy (non-hydrogen) atoms. The SMILES string of the molecule is CC1=CC(=O)C2=C(C[C@@H]3C(=CC[C@@H]4C(=O)N(c5cc(C(F)(F)F)cc(C(F)(F)F)c5)C(=O)[C@@H]43)[C@@H]2c2ccc3ccccc3c2O)C1=O. The first-order chi connectivity index (χ1) is 22.1. The molecule has 3 aromatic carbocycles. The lowest BCUT2D eigenvalue weighted by atomic mass is 9.59. The average Bonchev–Trinajstić information content (AvgIpc) is 3.27. The molecule has 12 heteroatoms. The molecule has 0 bridgehead atoms. The largest absolute Gasteiger partial charge is 0.507 e. The van der Waals surface area contributed by atoms with Gasteiger partial charge in [-0.15, -0.1) is 0 Å². The van der Waals surface area contributed by atoms with Crippen molar-refractivity contribution in [2.45, 2.75) is 38.0 Å². The van der Waals surface area contributed by atoms with Crippen LogP contribution in [0.15, 0.2) is 89.0 Å². The molecule has 1 N–H and O–H groups in total. The summed E-state index contributed by atoms with van der Waals surface area (Å²) in [6.45, 7) is 1.46. The Bertz CT molecular complexity index is 2020. The summed E-state index contributed by atoms with van der Waals surface area (Å²) in [6.07, 6.45) is -7.83. The number of hydrogen-bond acceptors (Lipinski definition) is 5. The van der Waals surface area contributed by atoms with Crippen LogP contribution in [-0.2, 0) is 31.5 Å². The summed E-state index contributed by atoms with van der Waals surface area (Å²) < 4.78 is 82.0. The standard InChI is InChI=1S/C35H23F6NO5/c1-15-10-26(43)29-25(30(15)44)14-24-21(27(29)22-7-6-16-4-2-3-5-20(16)31(22)45)8-9-23-28(24)33(47)42(32(23)46)19-12-17(34(36,37)38)11-18(13-19)35(39,40)41/h2-8,10-13,23-24,27-28,45H,9,14H2,1H3/t23-,24+,27+,28-/m0/s1. The molecule has 0 spiro atoms. The summed E-state index contributed by atoms with van der Waals surface area (Å²) in [5.74, 6) is -7.36. The molecule has 0 radical (unpaired) electrons. The molecule has 4 atom stereocenters. The molecule has 1 aliphatic heterocycles. The Morgan fingerprint density at radius 3 is 2.15 bits per heavy atom. The van der Waals surface area contributed by atoms with Crippen LogP contribution in [0.4, 0.5) is 32.0 Å². The van der Waals surface area contributed by atoms with Gasteiger partial charge in [0.15, 0.2) is 11.6 Å². The van der Waals surface area contributed by atoms with Gasteiger partial charge in [-0.3, -0.25) is 19.2 Å². The Labute approximate surface area is 262 Å². The Morgan fingerprint density at radius 2 is 1.49 bits per heavy atom. The number of aromatic hydroxyl groups is 1. The van der Waals surface area contributed by atoms with E-state index in [9.17, 15) is 50.6 Å². The van der Waals surface area contributed by atoms with Crippen molar-refractivity contribution in [3.05, 3.63) is 106 Å². The minimum atomic E-state index is -5.20. The van der Waals surface area contributed by atoms with Crippen LogP contribution in [-0.4, -0.2) is 28.5 Å². The van der Waals surface area contributed by atoms with Gasteiger partial charge in [0.25, 0.3) is 0 Å². The molecule has 7 rings (SSSR count). The van der Waals surface area contributed by atoms with Crippen LogP contribution in [0.3, 0.4) is 0 Å². The lowest BCUT2D eigenvalue weighted by Gasteiger charge is -2.42. The van der Waals surface area contributed by atoms with E-state index in [4.69, 9.17) is 0 Å². The van der Waals surface area contributed by atoms with Crippen LogP contribution in [0.1, 0.15) is 42.4 Å². The smallest absolute Gasteiger partial charge is 0.416 e. The normalized spacial score (nSPS) is 24.7. The number of ketones is 2. The van der Waals surface area contributed by atoms with E-state index in [2.05, 4.69) is 0 Å². The number of allylic oxidation sites excluding steroid dienone is 6. The minimum Gasteiger partial charge on any atom is -0.507 e. The third-order valence-corrected chi connectivity index (χ3v) is 9.64. The monoisotopic (exact) mass is 651 g/mol. The van der Waals surface area contributed by atoms with Crippen molar-refractivity contribution < 1.29 is 50.6 Å². The second kappa shape index (κ2) is 10.2. The zero-order valence-electron chi connectivity index (χ0n) is 24.4. The molecule has 0 saturated carbocycles. The number of halogens is 6. The van der Waals surface area contributed by atoms with Crippen molar-refractivity contribution in [2.24, 2.45) is 17.8 Å². The average molecular weight is 652 g/mol. The Hall–Kier alpha value is -5.00. The highest BCUT2D eigenvalue weighted by Crippen LogP contribution is 2.57. The van der Waals surface area contributed by atoms with Crippen LogP contribution in [0.2, 0.25) is 0 Å². The maximum atomic E-state index is 14.1. The molecule has 1 saturated heterocycles. The Morgan fingerprint density at radius 1 is 0.830 bits per heavy atom. The van der Waals surface area contributed by atoms with Crippen molar-refractivity contribution in [1.82, 2.24) is 0 Å². The highest BCUT2D eigenvalue weighted by molar-refractivity contribution is 6.25. The van der Waals surface area contributed by atoms with Gasteiger partial charge in [0, 0.05) is 33.6 Å². The molecule has 1 fully saturated rings. The number of phenols is 1. The number of phenolic OH excluding ortho intramolecular Hbond substituents is 1. The first-order valence-electron chi connectivity index (χ1n) is 14.7. The molecular formula is C35H23F6NO5. The van der Waals surface area contributed by atoms with Crippen LogP contribution in [0.5, 0.6) is 5.75 Å². The predicted molar refractivity (Wildman–Crippen MR) is 156 cm³/mol. The van der Waals surface area contributed by atoms with E-state index in [1.54, 1.807) is 42.5 Å². The van der Waals surface area contributed by atoms with Gasteiger partial charge in [-0.05, 0) is 55.3 Å². The summed E-state index contributed by atoms with van der Waals surface area (Å²) in [6, 6.07) is 10.9. The third kappa shape index (κ3) is 4.63. The molecule has 3 aromatic rings. The lowest BCUT2D eigenvalue weighted by Crippen LogP contribution is -2.39. The summed E-state index contributed by atoms with van der Waals surface area (Å²) in [7, 11) is 0. The highest BCUT2D eigenvalue weighted by Gasteiger charge is 2.57. The number of carbonyl (C=O) groups is 4. The Balaban J connectivity index is 1.37. The number of fused-ring (bicyclic) bond motifs is 4. The van der Waals surface area contributed by atoms with Gasteiger partial charge in [0.05, 0.1) is 28.7 Å². The van der Waals surface area contributed by atoms with Crippen LogP contribution >= 0.6 is 0 Å². The van der Waals surface area contributed by atoms with Gasteiger partial charge >= 0.3 is 12.4 Å². The molecule has 0 unspecified atom stereocenters. The van der Waals surface area contributed by atoms with Gasteiger partial charge in [0.1, 0.15) is 5.75 Å². The van der Waals surface area contributed by atoms with Crippen molar-refractivity contribution in [2.75, 3.05) is 4.90 Å². The number of imide groups is 1. The van der Waals surface area contributed by atoms with E-state index in [1.807, 2.05) is 0 Å². The van der Waals surface area contributed by atoms with Crippen LogP contribution < -0.4 is 4.90 Å². The molecule has 4 aliphatic rings. The summed E-state index contributed by atoms with van der Waals surface area (Å²) >= 11 is 0. The number of nitrogens with zero attached hydrogens (tertiary/aromatic N) is 1. The number of hydrogen-bond donors (Lipinski definition) is 1. The zero-order valence-corrected chi connectivity index (χ0v) is 24.4. The van der Waals surface area contributed by atoms with E-state index in [0.29, 0.717) is 33.4 Å². The number of carbonyl (C=O) groups excluding carboxylic acids is 4. The quantitative estimate of drug-likeness (QED) is 0.137. The summed E-state index contributed by atoms with van der Waals surface area (Å²) in [5.41, 5.74) is -3.11. The van der Waals surface area contributed by atoms with Gasteiger partial charge in [-0.1, -0.05) is 48.0 Å². The molecule has 3 aliphatic carbocycles. The van der Waals surface area contributed by atoms with E-state index < -0.39 is 76.2 Å². The Kier molecular flexibility index (Phi) is 6.68. The topological polar surface area (TPSA) is 91.8 Å². The molecule has 240 valence electrons. The van der Waals surface area contributed by atoms with E-state index in [0.717, 1.165) is 0 Å². The van der Waals surface area contributed by atoms with E-state index in [-0.39, 0.29) is 46.9 Å². The fourth-order valence-corrected chi connectivity index (χ4v) is 7.56. The number of anilines is 1. The molecule has 0 aromatic heterocycles. The van der Waals surface area contributed by atoms with Crippen molar-refractivity contribution in [3.8, 4) is 5.75 Å². The predicted octanol–water partition coefficient (Wildman–Crippen LogP) is 7.22. The number of amides is 2. The first-order valence-corrected chi connectivity index (χ1v) is 14.7. The van der Waals surface area contributed by atoms with Crippen LogP contribution in [0, 0.1) is 17.8 Å². The second-order valence-electron chi connectivity index (χ2n) is 12.2. The number of Topliss-reactive ketones (excluding diaryl/α,β-unsaturated/α-hetero) is 1. The summed E-state index contributed by atoms with van der Waals surface area (Å²) in [5, 5.41) is 12.6. The molecular weight excluding hydrogens is 628 g/mol. The van der Waals surface area contributed by atoms with Crippen molar-refractivity contribution >= 4 is 39.8 Å². The molecule has 2 amide bonds. The fourth-order valence-electron chi connectivity index (χ4n) is 7.56. The van der Waals surface area contributed by atoms with E-state index in [1.165, 1.54) is 13.0 Å². The van der Waals surface area contributed by atoms with Crippen molar-refractivity contribution in [3.63, 3.8) is 0 Å². The first kappa shape index (κ1) is 30.6. The number of alkyl halides is 6. The highest BCUT2D eigenvalue weighted by atomic mass is 19.4. The summed E-state index contributed by atoms with van der Waals surface area (Å²) in [4.78, 5) is 55.1. The van der Waals surface area contributed by atoms with Gasteiger partial charge < -0.3 is 5.11 Å². The number of benzene rings is 3. The van der Waals surface area contributed by atoms with Crippen LogP contribution in [0.25, 0.3) is 10.8 Å². The lowest BCUT2D eigenvalue weighted by molar-refractivity contribution is -0.143. The zero-order chi connectivity index (χ0) is 33.7. The molecule has 6 nitrogen and oxygen atoms in total. The maximum Gasteiger partial charge on any atom is 0.416 e.